The lowest BCUT2D eigenvalue weighted by Gasteiger charge is -2.28. The van der Waals surface area contributed by atoms with Crippen molar-refractivity contribution in [3.05, 3.63) is 100 Å². The lowest BCUT2D eigenvalue weighted by Crippen LogP contribution is -2.54. The van der Waals surface area contributed by atoms with Gasteiger partial charge in [0.1, 0.15) is 29.4 Å². The Bertz CT molecular complexity index is 1680. The van der Waals surface area contributed by atoms with Gasteiger partial charge in [-0.25, -0.2) is 9.69 Å². The van der Waals surface area contributed by atoms with E-state index < -0.39 is 17.8 Å². The minimum atomic E-state index is -0.927. The molecule has 8 nitrogen and oxygen atoms in total. The van der Waals surface area contributed by atoms with Crippen molar-refractivity contribution in [2.24, 2.45) is 0 Å². The molecular formula is C31H25ClN2O6. The number of barbiturate groups is 1. The van der Waals surface area contributed by atoms with Crippen LogP contribution in [0.2, 0.25) is 5.02 Å². The number of rotatable bonds is 7. The third kappa shape index (κ3) is 5.09. The molecule has 0 atom stereocenters. The molecule has 0 bridgehead atoms. The van der Waals surface area contributed by atoms with Crippen LogP contribution in [0, 0.1) is 6.92 Å². The van der Waals surface area contributed by atoms with Gasteiger partial charge in [-0.3, -0.25) is 14.9 Å². The largest absolute Gasteiger partial charge is 0.495 e. The predicted molar refractivity (Wildman–Crippen MR) is 153 cm³/mol. The standard InChI is InChI=1S/C31H25ClN2O6/c1-18-8-10-19(11-9-18)17-40-26-13-12-20-6-4-5-7-21(20)22(26)14-23-29(35)33-31(37)34(30(23)36)25-16-27(38-2)24(32)15-28(25)39-3/h4-16H,17H2,1-3H3,(H,33,35,37)/b23-14+. The van der Waals surface area contributed by atoms with Crippen molar-refractivity contribution in [3.63, 3.8) is 0 Å². The summed E-state index contributed by atoms with van der Waals surface area (Å²) < 4.78 is 16.8. The molecule has 4 aromatic carbocycles. The fourth-order valence-corrected chi connectivity index (χ4v) is 4.67. The second kappa shape index (κ2) is 11.1. The fraction of sp³-hybridized carbons (Fsp3) is 0.129. The summed E-state index contributed by atoms with van der Waals surface area (Å²) in [6.07, 6.45) is 1.45. The molecule has 0 aromatic heterocycles. The molecule has 1 heterocycles. The Morgan fingerprint density at radius 2 is 1.60 bits per heavy atom. The molecule has 0 unspecified atom stereocenters. The van der Waals surface area contributed by atoms with Crippen LogP contribution < -0.4 is 24.4 Å². The first kappa shape index (κ1) is 26.8. The van der Waals surface area contributed by atoms with Crippen molar-refractivity contribution in [1.82, 2.24) is 5.32 Å². The number of amides is 4. The summed E-state index contributed by atoms with van der Waals surface area (Å²) in [7, 11) is 2.78. The number of urea groups is 1. The third-order valence-electron chi connectivity index (χ3n) is 6.53. The van der Waals surface area contributed by atoms with E-state index in [1.165, 1.54) is 32.4 Å². The van der Waals surface area contributed by atoms with Crippen LogP contribution in [-0.2, 0) is 16.2 Å². The van der Waals surface area contributed by atoms with Gasteiger partial charge in [-0.2, -0.15) is 0 Å². The van der Waals surface area contributed by atoms with Crippen LogP contribution in [0.4, 0.5) is 10.5 Å². The molecule has 4 aromatic rings. The first-order valence-corrected chi connectivity index (χ1v) is 12.7. The van der Waals surface area contributed by atoms with Crippen LogP contribution >= 0.6 is 11.6 Å². The number of nitrogens with zero attached hydrogens (tertiary/aromatic N) is 1. The maximum Gasteiger partial charge on any atom is 0.336 e. The van der Waals surface area contributed by atoms with Crippen molar-refractivity contribution in [1.29, 1.82) is 0 Å². The molecule has 1 aliphatic heterocycles. The van der Waals surface area contributed by atoms with Gasteiger partial charge in [0.05, 0.1) is 24.9 Å². The first-order chi connectivity index (χ1) is 19.3. The van der Waals surface area contributed by atoms with E-state index in [-0.39, 0.29) is 34.4 Å². The molecule has 0 saturated carbocycles. The number of ether oxygens (including phenoxy) is 3. The van der Waals surface area contributed by atoms with Gasteiger partial charge >= 0.3 is 6.03 Å². The Labute approximate surface area is 235 Å². The topological polar surface area (TPSA) is 94.2 Å². The van der Waals surface area contributed by atoms with Crippen molar-refractivity contribution in [2.75, 3.05) is 19.1 Å². The molecule has 40 heavy (non-hydrogen) atoms. The van der Waals surface area contributed by atoms with Crippen LogP contribution in [0.3, 0.4) is 0 Å². The van der Waals surface area contributed by atoms with Crippen LogP contribution in [0.5, 0.6) is 17.2 Å². The maximum absolute atomic E-state index is 13.8. The summed E-state index contributed by atoms with van der Waals surface area (Å²) in [6.45, 7) is 2.29. The Kier molecular flexibility index (Phi) is 7.44. The van der Waals surface area contributed by atoms with Gasteiger partial charge in [0, 0.05) is 17.7 Å². The highest BCUT2D eigenvalue weighted by Gasteiger charge is 2.39. The Hall–Kier alpha value is -4.82. The van der Waals surface area contributed by atoms with Gasteiger partial charge in [-0.05, 0) is 35.4 Å². The van der Waals surface area contributed by atoms with Crippen LogP contribution in [0.15, 0.2) is 78.4 Å². The minimum Gasteiger partial charge on any atom is -0.495 e. The van der Waals surface area contributed by atoms with Gasteiger partial charge < -0.3 is 14.2 Å². The van der Waals surface area contributed by atoms with E-state index in [4.69, 9.17) is 25.8 Å². The van der Waals surface area contributed by atoms with Gasteiger partial charge in [0.25, 0.3) is 11.8 Å². The number of anilines is 1. The SMILES string of the molecule is COc1cc(N2C(=O)NC(=O)/C(=C\c3c(OCc4ccc(C)cc4)ccc4ccccc34)C2=O)c(OC)cc1Cl. The minimum absolute atomic E-state index is 0.0680. The van der Waals surface area contributed by atoms with Crippen molar-refractivity contribution < 1.29 is 28.6 Å². The van der Waals surface area contributed by atoms with E-state index in [9.17, 15) is 14.4 Å². The van der Waals surface area contributed by atoms with E-state index in [0.717, 1.165) is 26.8 Å². The number of imide groups is 2. The summed E-state index contributed by atoms with van der Waals surface area (Å²) in [6, 6.07) is 21.1. The van der Waals surface area contributed by atoms with Crippen LogP contribution in [0.1, 0.15) is 16.7 Å². The summed E-state index contributed by atoms with van der Waals surface area (Å²) in [5.41, 5.74) is 2.43. The highest BCUT2D eigenvalue weighted by molar-refractivity contribution is 6.40. The van der Waals surface area contributed by atoms with Gasteiger partial charge in [-0.1, -0.05) is 71.8 Å². The molecular weight excluding hydrogens is 532 g/mol. The van der Waals surface area contributed by atoms with E-state index in [1.807, 2.05) is 61.5 Å². The van der Waals surface area contributed by atoms with E-state index in [0.29, 0.717) is 11.3 Å². The molecule has 1 saturated heterocycles. The lowest BCUT2D eigenvalue weighted by molar-refractivity contribution is -0.122. The maximum atomic E-state index is 13.8. The Morgan fingerprint density at radius 3 is 2.33 bits per heavy atom. The molecule has 0 aliphatic carbocycles. The zero-order valence-electron chi connectivity index (χ0n) is 22.0. The van der Waals surface area contributed by atoms with Gasteiger partial charge in [0.2, 0.25) is 0 Å². The summed E-state index contributed by atoms with van der Waals surface area (Å²) >= 11 is 6.22. The number of aryl methyl sites for hydroxylation is 1. The molecule has 5 rings (SSSR count). The molecule has 1 aliphatic rings. The molecule has 202 valence electrons. The van der Waals surface area contributed by atoms with Crippen LogP contribution in [0.25, 0.3) is 16.8 Å². The fourth-order valence-electron chi connectivity index (χ4n) is 4.44. The lowest BCUT2D eigenvalue weighted by atomic mass is 9.99. The quantitative estimate of drug-likeness (QED) is 0.219. The Morgan fingerprint density at radius 1 is 0.875 bits per heavy atom. The highest BCUT2D eigenvalue weighted by Crippen LogP contribution is 2.40. The second-order valence-electron chi connectivity index (χ2n) is 9.09. The molecule has 4 amide bonds. The molecule has 1 fully saturated rings. The van der Waals surface area contributed by atoms with Crippen molar-refractivity contribution in [2.45, 2.75) is 13.5 Å². The smallest absolute Gasteiger partial charge is 0.336 e. The molecule has 0 radical (unpaired) electrons. The summed E-state index contributed by atoms with van der Waals surface area (Å²) in [4.78, 5) is 40.5. The van der Waals surface area contributed by atoms with Gasteiger partial charge in [-0.15, -0.1) is 0 Å². The number of hydrogen-bond donors (Lipinski definition) is 1. The van der Waals surface area contributed by atoms with E-state index >= 15 is 0 Å². The number of methoxy groups -OCH3 is 2. The highest BCUT2D eigenvalue weighted by atomic mass is 35.5. The van der Waals surface area contributed by atoms with Crippen molar-refractivity contribution in [3.8, 4) is 17.2 Å². The number of hydrogen-bond acceptors (Lipinski definition) is 6. The Balaban J connectivity index is 1.60. The van der Waals surface area contributed by atoms with E-state index in [1.54, 1.807) is 6.07 Å². The zero-order chi connectivity index (χ0) is 28.4. The number of benzene rings is 4. The predicted octanol–water partition coefficient (Wildman–Crippen LogP) is 6.06. The summed E-state index contributed by atoms with van der Waals surface area (Å²) in [5, 5.41) is 4.14. The van der Waals surface area contributed by atoms with Crippen LogP contribution in [-0.4, -0.2) is 32.1 Å². The second-order valence-corrected chi connectivity index (χ2v) is 9.50. The average Bonchev–Trinajstić information content (AvgIpc) is 2.95. The molecule has 0 spiro atoms. The average molecular weight is 557 g/mol. The number of nitrogens with one attached hydrogen (secondary N) is 1. The summed E-state index contributed by atoms with van der Waals surface area (Å²) in [5.74, 6) is -0.824. The first-order valence-electron chi connectivity index (χ1n) is 12.3. The normalized spacial score (nSPS) is 14.4. The van der Waals surface area contributed by atoms with Crippen molar-refractivity contribution >= 4 is 52.0 Å². The number of carbonyl (C=O) groups excluding carboxylic acids is 3. The van der Waals surface area contributed by atoms with Gasteiger partial charge in [0.15, 0.2) is 0 Å². The zero-order valence-corrected chi connectivity index (χ0v) is 22.7. The monoisotopic (exact) mass is 556 g/mol. The van der Waals surface area contributed by atoms with E-state index in [2.05, 4.69) is 5.32 Å². The molecule has 9 heteroatoms. The number of fused-ring (bicyclic) bond motifs is 1. The third-order valence-corrected chi connectivity index (χ3v) is 6.83. The number of halogens is 1. The number of carbonyl (C=O) groups is 3. The molecule has 1 N–H and O–H groups in total.